The fourth-order valence-corrected chi connectivity index (χ4v) is 2.74. The van der Waals surface area contributed by atoms with Gasteiger partial charge in [-0.25, -0.2) is 0 Å². The number of thiophene rings is 1. The molecule has 1 aromatic rings. The molecule has 0 amide bonds. The molecule has 0 radical (unpaired) electrons. The molecule has 1 N–H and O–H groups in total. The highest BCUT2D eigenvalue weighted by Crippen LogP contribution is 2.29. The SMILES string of the molecule is CCNCC/C(CC)=N/N(Cc1ccsc1)C1CC1. The highest BCUT2D eigenvalue weighted by atomic mass is 32.1. The van der Waals surface area contributed by atoms with Gasteiger partial charge in [-0.2, -0.15) is 16.4 Å². The average molecular weight is 279 g/mol. The van der Waals surface area contributed by atoms with Gasteiger partial charge in [-0.15, -0.1) is 0 Å². The molecular weight excluding hydrogens is 254 g/mol. The molecule has 1 aliphatic carbocycles. The first-order chi connectivity index (χ1) is 9.33. The van der Waals surface area contributed by atoms with Crippen molar-refractivity contribution in [3.05, 3.63) is 22.4 Å². The van der Waals surface area contributed by atoms with E-state index in [1.54, 1.807) is 11.3 Å². The molecule has 4 heteroatoms. The molecule has 106 valence electrons. The Morgan fingerprint density at radius 1 is 1.47 bits per heavy atom. The zero-order chi connectivity index (χ0) is 13.5. The maximum Gasteiger partial charge on any atom is 0.0622 e. The molecule has 0 bridgehead atoms. The third-order valence-electron chi connectivity index (χ3n) is 3.41. The van der Waals surface area contributed by atoms with E-state index in [0.717, 1.165) is 32.5 Å². The van der Waals surface area contributed by atoms with E-state index < -0.39 is 0 Å². The molecule has 2 rings (SSSR count). The first-order valence-corrected chi connectivity index (χ1v) is 8.32. The average Bonchev–Trinajstić information content (AvgIpc) is 3.15. The molecule has 0 aliphatic heterocycles. The lowest BCUT2D eigenvalue weighted by Crippen LogP contribution is -2.23. The molecule has 0 spiro atoms. The number of hydrogen-bond acceptors (Lipinski definition) is 4. The van der Waals surface area contributed by atoms with Gasteiger partial charge in [0, 0.05) is 18.3 Å². The number of rotatable bonds is 9. The lowest BCUT2D eigenvalue weighted by Gasteiger charge is -2.20. The number of nitrogens with zero attached hydrogens (tertiary/aromatic N) is 2. The van der Waals surface area contributed by atoms with Crippen LogP contribution in [0.5, 0.6) is 0 Å². The van der Waals surface area contributed by atoms with Crippen molar-refractivity contribution < 1.29 is 0 Å². The minimum absolute atomic E-state index is 0.681. The van der Waals surface area contributed by atoms with Gasteiger partial charge in [0.05, 0.1) is 6.54 Å². The van der Waals surface area contributed by atoms with Crippen LogP contribution in [-0.2, 0) is 6.54 Å². The predicted molar refractivity (Wildman–Crippen MR) is 83.8 cm³/mol. The third kappa shape index (κ3) is 4.96. The van der Waals surface area contributed by atoms with Crippen LogP contribution in [0.4, 0.5) is 0 Å². The maximum absolute atomic E-state index is 4.92. The predicted octanol–water partition coefficient (Wildman–Crippen LogP) is 3.48. The topological polar surface area (TPSA) is 27.6 Å². The molecule has 0 aromatic carbocycles. The van der Waals surface area contributed by atoms with Crippen LogP contribution >= 0.6 is 11.3 Å². The number of nitrogens with one attached hydrogen (secondary N) is 1. The van der Waals surface area contributed by atoms with Crippen molar-refractivity contribution in [1.29, 1.82) is 0 Å². The summed E-state index contributed by atoms with van der Waals surface area (Å²) in [6.45, 7) is 7.41. The fourth-order valence-electron chi connectivity index (χ4n) is 2.08. The Bertz CT molecular complexity index is 382. The van der Waals surface area contributed by atoms with E-state index in [1.165, 1.54) is 24.1 Å². The minimum atomic E-state index is 0.681. The molecule has 1 aliphatic rings. The summed E-state index contributed by atoms with van der Waals surface area (Å²) in [4.78, 5) is 0. The number of hydrazone groups is 1. The van der Waals surface area contributed by atoms with E-state index in [2.05, 4.69) is 41.0 Å². The Labute approximate surface area is 120 Å². The smallest absolute Gasteiger partial charge is 0.0622 e. The Morgan fingerprint density at radius 3 is 2.89 bits per heavy atom. The van der Waals surface area contributed by atoms with Crippen LogP contribution in [0.2, 0.25) is 0 Å². The molecule has 1 aromatic heterocycles. The Kier molecular flexibility index (Phi) is 5.86. The van der Waals surface area contributed by atoms with Gasteiger partial charge >= 0.3 is 0 Å². The molecule has 1 fully saturated rings. The summed E-state index contributed by atoms with van der Waals surface area (Å²) < 4.78 is 0. The molecule has 0 saturated heterocycles. The summed E-state index contributed by atoms with van der Waals surface area (Å²) in [5.41, 5.74) is 2.71. The van der Waals surface area contributed by atoms with Crippen molar-refractivity contribution in [3.63, 3.8) is 0 Å². The first-order valence-electron chi connectivity index (χ1n) is 7.38. The first kappa shape index (κ1) is 14.5. The maximum atomic E-state index is 4.92. The van der Waals surface area contributed by atoms with Gasteiger partial charge in [-0.1, -0.05) is 13.8 Å². The van der Waals surface area contributed by atoms with Gasteiger partial charge in [0.2, 0.25) is 0 Å². The van der Waals surface area contributed by atoms with Crippen LogP contribution in [0, 0.1) is 0 Å². The normalized spacial score (nSPS) is 15.8. The summed E-state index contributed by atoms with van der Waals surface area (Å²) in [6.07, 6.45) is 4.73. The second-order valence-electron chi connectivity index (χ2n) is 5.08. The molecule has 3 nitrogen and oxygen atoms in total. The summed E-state index contributed by atoms with van der Waals surface area (Å²) in [6, 6.07) is 2.89. The lowest BCUT2D eigenvalue weighted by atomic mass is 10.2. The summed E-state index contributed by atoms with van der Waals surface area (Å²) >= 11 is 1.77. The summed E-state index contributed by atoms with van der Waals surface area (Å²) in [7, 11) is 0. The van der Waals surface area contributed by atoms with E-state index in [-0.39, 0.29) is 0 Å². The van der Waals surface area contributed by atoms with Crippen molar-refractivity contribution in [2.75, 3.05) is 13.1 Å². The minimum Gasteiger partial charge on any atom is -0.317 e. The van der Waals surface area contributed by atoms with Crippen molar-refractivity contribution in [3.8, 4) is 0 Å². The highest BCUT2D eigenvalue weighted by molar-refractivity contribution is 7.07. The quantitative estimate of drug-likeness (QED) is 0.426. The number of hydrogen-bond donors (Lipinski definition) is 1. The Balaban J connectivity index is 1.93. The second kappa shape index (κ2) is 7.65. The van der Waals surface area contributed by atoms with Gasteiger partial charge in [0.15, 0.2) is 0 Å². The van der Waals surface area contributed by atoms with Gasteiger partial charge in [0.25, 0.3) is 0 Å². The molecular formula is C15H25N3S. The Morgan fingerprint density at radius 2 is 2.32 bits per heavy atom. The standard InChI is InChI=1S/C15H25N3S/c1-3-14(7-9-16-4-2)17-18(15-5-6-15)11-13-8-10-19-12-13/h8,10,12,15-16H,3-7,9,11H2,1-2H3/b17-14+. The van der Waals surface area contributed by atoms with Crippen LogP contribution in [0.25, 0.3) is 0 Å². The van der Waals surface area contributed by atoms with Crippen molar-refractivity contribution in [1.82, 2.24) is 10.3 Å². The molecule has 1 heterocycles. The summed E-state index contributed by atoms with van der Waals surface area (Å²) in [5.74, 6) is 0. The van der Waals surface area contributed by atoms with Gasteiger partial charge < -0.3 is 5.32 Å². The van der Waals surface area contributed by atoms with Crippen molar-refractivity contribution in [2.24, 2.45) is 5.10 Å². The fraction of sp³-hybridized carbons (Fsp3) is 0.667. The summed E-state index contributed by atoms with van der Waals surface area (Å²) in [5, 5.41) is 15.0. The van der Waals surface area contributed by atoms with Crippen LogP contribution in [0.3, 0.4) is 0 Å². The van der Waals surface area contributed by atoms with E-state index >= 15 is 0 Å². The van der Waals surface area contributed by atoms with E-state index in [9.17, 15) is 0 Å². The zero-order valence-electron chi connectivity index (χ0n) is 12.1. The van der Waals surface area contributed by atoms with Gasteiger partial charge in [-0.05, 0) is 54.6 Å². The van der Waals surface area contributed by atoms with Crippen LogP contribution in [0.1, 0.15) is 45.1 Å². The van der Waals surface area contributed by atoms with E-state index in [1.807, 2.05) is 0 Å². The van der Waals surface area contributed by atoms with Crippen LogP contribution in [0.15, 0.2) is 21.9 Å². The largest absolute Gasteiger partial charge is 0.317 e. The Hall–Kier alpha value is -0.870. The highest BCUT2D eigenvalue weighted by Gasteiger charge is 2.28. The van der Waals surface area contributed by atoms with E-state index in [0.29, 0.717) is 6.04 Å². The monoisotopic (exact) mass is 279 g/mol. The van der Waals surface area contributed by atoms with Crippen molar-refractivity contribution >= 4 is 17.0 Å². The van der Waals surface area contributed by atoms with Crippen LogP contribution in [-0.4, -0.2) is 29.9 Å². The van der Waals surface area contributed by atoms with Crippen LogP contribution < -0.4 is 5.32 Å². The molecule has 19 heavy (non-hydrogen) atoms. The lowest BCUT2D eigenvalue weighted by molar-refractivity contribution is 0.267. The van der Waals surface area contributed by atoms with Gasteiger partial charge in [-0.3, -0.25) is 5.01 Å². The van der Waals surface area contributed by atoms with Gasteiger partial charge in [0.1, 0.15) is 0 Å². The zero-order valence-corrected chi connectivity index (χ0v) is 12.9. The molecule has 0 atom stereocenters. The molecule has 0 unspecified atom stereocenters. The third-order valence-corrected chi connectivity index (χ3v) is 4.14. The second-order valence-corrected chi connectivity index (χ2v) is 5.86. The molecule has 1 saturated carbocycles. The van der Waals surface area contributed by atoms with E-state index in [4.69, 9.17) is 5.10 Å². The van der Waals surface area contributed by atoms with Crippen molar-refractivity contribution in [2.45, 2.75) is 52.1 Å².